The predicted octanol–water partition coefficient (Wildman–Crippen LogP) is 5.07. The summed E-state index contributed by atoms with van der Waals surface area (Å²) >= 11 is 1.22. The molecule has 0 saturated carbocycles. The zero-order chi connectivity index (χ0) is 17.3. The monoisotopic (exact) mass is 346 g/mol. The molecule has 0 bridgehead atoms. The van der Waals surface area contributed by atoms with Crippen molar-refractivity contribution in [2.24, 2.45) is 0 Å². The van der Waals surface area contributed by atoms with Gasteiger partial charge in [-0.25, -0.2) is 13.6 Å². The molecule has 0 unspecified atom stereocenters. The lowest BCUT2D eigenvalue weighted by Crippen LogP contribution is -1.99. The Morgan fingerprint density at radius 1 is 1.08 bits per heavy atom. The molecule has 1 aromatic heterocycles. The number of thiophene rings is 1. The van der Waals surface area contributed by atoms with Crippen molar-refractivity contribution >= 4 is 17.3 Å². The minimum absolute atomic E-state index is 0.0308. The lowest BCUT2D eigenvalue weighted by Gasteiger charge is -2.10. The van der Waals surface area contributed by atoms with Gasteiger partial charge in [-0.05, 0) is 12.1 Å². The van der Waals surface area contributed by atoms with Gasteiger partial charge in [0.25, 0.3) is 0 Å². The molecule has 3 rings (SSSR count). The van der Waals surface area contributed by atoms with E-state index in [2.05, 4.69) is 0 Å². The van der Waals surface area contributed by atoms with Gasteiger partial charge in [-0.15, -0.1) is 11.3 Å². The van der Waals surface area contributed by atoms with Crippen LogP contribution in [0.25, 0.3) is 21.6 Å². The normalized spacial score (nSPS) is 10.6. The SMILES string of the molecule is COc1csc(-c2ccccc2C(=O)O)c1-c1cccc(F)c1F. The number of carboxylic acid groups (broad SMARTS) is 1. The topological polar surface area (TPSA) is 46.5 Å². The molecule has 2 aromatic carbocycles. The molecule has 0 aliphatic carbocycles. The van der Waals surface area contributed by atoms with Gasteiger partial charge in [0.1, 0.15) is 5.75 Å². The molecule has 0 amide bonds. The Balaban J connectivity index is 2.32. The maximum Gasteiger partial charge on any atom is 0.336 e. The Morgan fingerprint density at radius 2 is 1.79 bits per heavy atom. The van der Waals surface area contributed by atoms with E-state index in [0.29, 0.717) is 21.8 Å². The van der Waals surface area contributed by atoms with Crippen molar-refractivity contribution in [3.05, 3.63) is 65.0 Å². The van der Waals surface area contributed by atoms with Crippen LogP contribution in [-0.2, 0) is 0 Å². The van der Waals surface area contributed by atoms with Crippen LogP contribution in [0.5, 0.6) is 5.75 Å². The van der Waals surface area contributed by atoms with E-state index in [4.69, 9.17) is 4.74 Å². The second-order valence-corrected chi connectivity index (χ2v) is 5.84. The number of aromatic carboxylic acids is 1. The maximum atomic E-state index is 14.3. The highest BCUT2D eigenvalue weighted by Gasteiger charge is 2.23. The van der Waals surface area contributed by atoms with E-state index < -0.39 is 17.6 Å². The van der Waals surface area contributed by atoms with Crippen LogP contribution >= 0.6 is 11.3 Å². The summed E-state index contributed by atoms with van der Waals surface area (Å²) in [5.41, 5.74) is 0.883. The van der Waals surface area contributed by atoms with Gasteiger partial charge in [-0.1, -0.05) is 30.3 Å². The van der Waals surface area contributed by atoms with Gasteiger partial charge in [0.15, 0.2) is 11.6 Å². The Bertz CT molecular complexity index is 918. The Morgan fingerprint density at radius 3 is 2.50 bits per heavy atom. The predicted molar refractivity (Wildman–Crippen MR) is 88.6 cm³/mol. The van der Waals surface area contributed by atoms with Gasteiger partial charge in [-0.3, -0.25) is 0 Å². The third-order valence-electron chi connectivity index (χ3n) is 3.60. The molecule has 122 valence electrons. The van der Waals surface area contributed by atoms with Crippen LogP contribution in [0, 0.1) is 11.6 Å². The summed E-state index contributed by atoms with van der Waals surface area (Å²) in [5, 5.41) is 11.0. The Labute approximate surface area is 140 Å². The summed E-state index contributed by atoms with van der Waals surface area (Å²) in [5.74, 6) is -2.70. The first-order chi connectivity index (χ1) is 11.5. The van der Waals surface area contributed by atoms with Gasteiger partial charge in [0.05, 0.1) is 12.7 Å². The number of benzene rings is 2. The van der Waals surface area contributed by atoms with Crippen LogP contribution in [0.3, 0.4) is 0 Å². The fourth-order valence-electron chi connectivity index (χ4n) is 2.51. The molecule has 0 fully saturated rings. The highest BCUT2D eigenvalue weighted by Crippen LogP contribution is 2.46. The average Bonchev–Trinajstić information content (AvgIpc) is 3.01. The van der Waals surface area contributed by atoms with Crippen LogP contribution in [-0.4, -0.2) is 18.2 Å². The summed E-state index contributed by atoms with van der Waals surface area (Å²) in [7, 11) is 1.43. The van der Waals surface area contributed by atoms with Crippen LogP contribution in [0.4, 0.5) is 8.78 Å². The first kappa shape index (κ1) is 16.1. The number of carbonyl (C=O) groups is 1. The van der Waals surface area contributed by atoms with E-state index in [9.17, 15) is 18.7 Å². The summed E-state index contributed by atoms with van der Waals surface area (Å²) < 4.78 is 33.2. The summed E-state index contributed by atoms with van der Waals surface area (Å²) in [6.07, 6.45) is 0. The number of hydrogen-bond donors (Lipinski definition) is 1. The number of halogens is 2. The molecule has 0 aliphatic rings. The largest absolute Gasteiger partial charge is 0.495 e. The number of carboxylic acids is 1. The molecule has 24 heavy (non-hydrogen) atoms. The first-order valence-electron chi connectivity index (χ1n) is 6.97. The van der Waals surface area contributed by atoms with E-state index in [-0.39, 0.29) is 11.1 Å². The third-order valence-corrected chi connectivity index (χ3v) is 4.59. The third kappa shape index (κ3) is 2.65. The molecule has 1 heterocycles. The second-order valence-electron chi connectivity index (χ2n) is 4.96. The minimum Gasteiger partial charge on any atom is -0.495 e. The summed E-state index contributed by atoms with van der Waals surface area (Å²) in [6, 6.07) is 10.3. The van der Waals surface area contributed by atoms with Crippen molar-refractivity contribution in [3.8, 4) is 27.3 Å². The molecule has 0 aliphatic heterocycles. The quantitative estimate of drug-likeness (QED) is 0.718. The molecule has 0 saturated heterocycles. The lowest BCUT2D eigenvalue weighted by atomic mass is 9.98. The van der Waals surface area contributed by atoms with E-state index in [1.165, 1.54) is 36.6 Å². The van der Waals surface area contributed by atoms with Crippen LogP contribution < -0.4 is 4.74 Å². The number of rotatable bonds is 4. The van der Waals surface area contributed by atoms with Crippen molar-refractivity contribution in [1.29, 1.82) is 0 Å². The highest BCUT2D eigenvalue weighted by molar-refractivity contribution is 7.14. The molecule has 6 heteroatoms. The molecule has 0 radical (unpaired) electrons. The fraction of sp³-hybridized carbons (Fsp3) is 0.0556. The zero-order valence-electron chi connectivity index (χ0n) is 12.5. The first-order valence-corrected chi connectivity index (χ1v) is 7.85. The Kier molecular flexibility index (Phi) is 4.31. The molecule has 3 nitrogen and oxygen atoms in total. The van der Waals surface area contributed by atoms with Gasteiger partial charge >= 0.3 is 5.97 Å². The number of methoxy groups -OCH3 is 1. The smallest absolute Gasteiger partial charge is 0.336 e. The van der Waals surface area contributed by atoms with E-state index >= 15 is 0 Å². The number of hydrogen-bond acceptors (Lipinski definition) is 3. The minimum atomic E-state index is -1.09. The fourth-order valence-corrected chi connectivity index (χ4v) is 3.58. The van der Waals surface area contributed by atoms with Crippen LogP contribution in [0.1, 0.15) is 10.4 Å². The van der Waals surface area contributed by atoms with Gasteiger partial charge in [0, 0.05) is 26.9 Å². The summed E-state index contributed by atoms with van der Waals surface area (Å²) in [6.45, 7) is 0. The molecular weight excluding hydrogens is 334 g/mol. The molecule has 1 N–H and O–H groups in total. The summed E-state index contributed by atoms with van der Waals surface area (Å²) in [4.78, 5) is 12.0. The van der Waals surface area contributed by atoms with Crippen LogP contribution in [0.2, 0.25) is 0 Å². The van der Waals surface area contributed by atoms with Gasteiger partial charge in [0.2, 0.25) is 0 Å². The van der Waals surface area contributed by atoms with Crippen molar-refractivity contribution in [2.75, 3.05) is 7.11 Å². The van der Waals surface area contributed by atoms with Crippen molar-refractivity contribution < 1.29 is 23.4 Å². The van der Waals surface area contributed by atoms with E-state index in [0.717, 1.165) is 6.07 Å². The van der Waals surface area contributed by atoms with Gasteiger partial charge in [-0.2, -0.15) is 0 Å². The Hall–Kier alpha value is -2.73. The van der Waals surface area contributed by atoms with Gasteiger partial charge < -0.3 is 9.84 Å². The van der Waals surface area contributed by atoms with Crippen LogP contribution in [0.15, 0.2) is 47.8 Å². The average molecular weight is 346 g/mol. The molecule has 3 aromatic rings. The second kappa shape index (κ2) is 6.41. The molecule has 0 atom stereocenters. The lowest BCUT2D eigenvalue weighted by molar-refractivity contribution is 0.0698. The standard InChI is InChI=1S/C18H12F2O3S/c1-23-14-9-24-17(10-5-2-3-6-11(10)18(21)22)15(14)12-7-4-8-13(19)16(12)20/h2-9H,1H3,(H,21,22). The van der Waals surface area contributed by atoms with Crippen molar-refractivity contribution in [2.45, 2.75) is 0 Å². The molecular formula is C18H12F2O3S. The van der Waals surface area contributed by atoms with Crippen molar-refractivity contribution in [3.63, 3.8) is 0 Å². The zero-order valence-corrected chi connectivity index (χ0v) is 13.4. The number of ether oxygens (including phenoxy) is 1. The van der Waals surface area contributed by atoms with Crippen molar-refractivity contribution in [1.82, 2.24) is 0 Å². The van der Waals surface area contributed by atoms with E-state index in [1.54, 1.807) is 23.6 Å². The highest BCUT2D eigenvalue weighted by atomic mass is 32.1. The van der Waals surface area contributed by atoms with E-state index in [1.807, 2.05) is 0 Å². The molecule has 0 spiro atoms. The maximum absolute atomic E-state index is 14.3.